The highest BCUT2D eigenvalue weighted by Crippen LogP contribution is 2.41. The fourth-order valence-corrected chi connectivity index (χ4v) is 4.36. The molecule has 38 heavy (non-hydrogen) atoms. The molecule has 0 heterocycles. The number of hydrogen-bond acceptors (Lipinski definition) is 3. The van der Waals surface area contributed by atoms with Crippen molar-refractivity contribution in [1.82, 2.24) is 0 Å². The highest BCUT2D eigenvalue weighted by Gasteiger charge is 2.34. The quantitative estimate of drug-likeness (QED) is 0.217. The van der Waals surface area contributed by atoms with Gasteiger partial charge in [0.15, 0.2) is 0 Å². The summed E-state index contributed by atoms with van der Waals surface area (Å²) in [6, 6.07) is 30.4. The second-order valence-electron chi connectivity index (χ2n) is 8.71. The van der Waals surface area contributed by atoms with Gasteiger partial charge in [0.05, 0.1) is 5.56 Å². The number of benzene rings is 4. The lowest BCUT2D eigenvalue weighted by atomic mass is 9.86. The molecule has 4 rings (SSSR count). The summed E-state index contributed by atoms with van der Waals surface area (Å²) < 4.78 is 53.5. The highest BCUT2D eigenvalue weighted by atomic mass is 19.4. The van der Waals surface area contributed by atoms with Crippen molar-refractivity contribution in [1.29, 1.82) is 0 Å². The molecule has 0 unspecified atom stereocenters. The van der Waals surface area contributed by atoms with Crippen LogP contribution in [0.4, 0.5) is 13.2 Å². The molecule has 6 heteroatoms. The zero-order chi connectivity index (χ0) is 27.0. The average molecular weight is 518 g/mol. The summed E-state index contributed by atoms with van der Waals surface area (Å²) in [5, 5.41) is 0. The average Bonchev–Trinajstić information content (AvgIpc) is 2.94. The van der Waals surface area contributed by atoms with Crippen molar-refractivity contribution in [2.45, 2.75) is 26.1 Å². The maximum absolute atomic E-state index is 14.0. The number of nitrogens with two attached hydrogens (primary N) is 1. The van der Waals surface area contributed by atoms with Gasteiger partial charge in [-0.05, 0) is 70.2 Å². The van der Waals surface area contributed by atoms with Gasteiger partial charge in [0.1, 0.15) is 24.7 Å². The maximum Gasteiger partial charge on any atom is 0.416 e. The third kappa shape index (κ3) is 6.64. The Labute approximate surface area is 221 Å². The Bertz CT molecular complexity index is 1350. The van der Waals surface area contributed by atoms with E-state index in [0.717, 1.165) is 28.3 Å². The molecule has 0 saturated heterocycles. The fraction of sp³-hybridized carbons (Fsp3) is 0.188. The van der Waals surface area contributed by atoms with Crippen LogP contribution in [0.15, 0.2) is 103 Å². The van der Waals surface area contributed by atoms with E-state index in [1.165, 1.54) is 12.1 Å². The van der Waals surface area contributed by atoms with Gasteiger partial charge in [0.2, 0.25) is 0 Å². The van der Waals surface area contributed by atoms with E-state index < -0.39 is 11.7 Å². The van der Waals surface area contributed by atoms with Gasteiger partial charge in [0.25, 0.3) is 0 Å². The Balaban J connectivity index is 1.78. The van der Waals surface area contributed by atoms with Gasteiger partial charge in [-0.3, -0.25) is 0 Å². The molecule has 0 radical (unpaired) electrons. The van der Waals surface area contributed by atoms with Crippen LogP contribution < -0.4 is 15.2 Å². The van der Waals surface area contributed by atoms with Crippen LogP contribution in [-0.2, 0) is 12.8 Å². The van der Waals surface area contributed by atoms with E-state index in [1.54, 1.807) is 6.07 Å². The molecule has 0 aliphatic rings. The van der Waals surface area contributed by atoms with Gasteiger partial charge in [-0.2, -0.15) is 13.2 Å². The zero-order valence-corrected chi connectivity index (χ0v) is 21.2. The summed E-state index contributed by atoms with van der Waals surface area (Å²) in [5.74, 6) is 1.33. The molecular weight excluding hydrogens is 487 g/mol. The molecule has 0 fully saturated rings. The van der Waals surface area contributed by atoms with E-state index in [2.05, 4.69) is 0 Å². The Hall–Kier alpha value is -4.03. The molecule has 0 aliphatic carbocycles. The maximum atomic E-state index is 14.0. The number of hydrogen-bond donors (Lipinski definition) is 1. The van der Waals surface area contributed by atoms with Crippen LogP contribution in [0.2, 0.25) is 0 Å². The molecule has 0 amide bonds. The Morgan fingerprint density at radius 1 is 0.711 bits per heavy atom. The Kier molecular flexibility index (Phi) is 8.87. The molecule has 0 atom stereocenters. The minimum atomic E-state index is -4.48. The van der Waals surface area contributed by atoms with Crippen LogP contribution in [-0.4, -0.2) is 13.2 Å². The van der Waals surface area contributed by atoms with Crippen molar-refractivity contribution in [2.75, 3.05) is 13.2 Å². The topological polar surface area (TPSA) is 44.5 Å². The SMILES string of the molecule is CC/C(=C(/c1ccc(OCCN)cc1)c1ccc(OCc2ccccc2)cc1)c1ccccc1C(F)(F)F. The summed E-state index contributed by atoms with van der Waals surface area (Å²) in [5.41, 5.74) is 9.01. The van der Waals surface area contributed by atoms with E-state index in [0.29, 0.717) is 43.3 Å². The summed E-state index contributed by atoms with van der Waals surface area (Å²) >= 11 is 0. The van der Waals surface area contributed by atoms with Crippen LogP contribution in [0.25, 0.3) is 11.1 Å². The first-order valence-corrected chi connectivity index (χ1v) is 12.5. The first kappa shape index (κ1) is 27.0. The predicted octanol–water partition coefficient (Wildman–Crippen LogP) is 7.99. The lowest BCUT2D eigenvalue weighted by Gasteiger charge is -2.20. The molecular formula is C32H30F3NO2. The minimum absolute atomic E-state index is 0.172. The van der Waals surface area contributed by atoms with Crippen molar-refractivity contribution in [3.63, 3.8) is 0 Å². The standard InChI is InChI=1S/C32H30F3NO2/c1-2-28(29-10-6-7-11-30(29)32(33,34)35)31(24-12-16-26(17-13-24)37-21-20-36)25-14-18-27(19-15-25)38-22-23-8-4-3-5-9-23/h3-19H,2,20-22,36H2,1H3/b31-28+. The van der Waals surface area contributed by atoms with Gasteiger partial charge in [-0.15, -0.1) is 0 Å². The van der Waals surface area contributed by atoms with E-state index in [1.807, 2.05) is 85.8 Å². The Morgan fingerprint density at radius 3 is 1.82 bits per heavy atom. The lowest BCUT2D eigenvalue weighted by Crippen LogP contribution is -2.10. The van der Waals surface area contributed by atoms with E-state index in [-0.39, 0.29) is 5.56 Å². The van der Waals surface area contributed by atoms with Gasteiger partial charge in [-0.1, -0.05) is 79.7 Å². The minimum Gasteiger partial charge on any atom is -0.492 e. The molecule has 0 spiro atoms. The summed E-state index contributed by atoms with van der Waals surface area (Å²) in [6.45, 7) is 3.07. The van der Waals surface area contributed by atoms with E-state index in [4.69, 9.17) is 15.2 Å². The lowest BCUT2D eigenvalue weighted by molar-refractivity contribution is -0.137. The molecule has 196 valence electrons. The third-order valence-electron chi connectivity index (χ3n) is 6.13. The number of rotatable bonds is 10. The number of alkyl halides is 3. The van der Waals surface area contributed by atoms with Crippen molar-refractivity contribution in [3.05, 3.63) is 131 Å². The van der Waals surface area contributed by atoms with Crippen LogP contribution in [0, 0.1) is 0 Å². The van der Waals surface area contributed by atoms with Crippen molar-refractivity contribution >= 4 is 11.1 Å². The van der Waals surface area contributed by atoms with Gasteiger partial charge >= 0.3 is 6.18 Å². The number of halogens is 3. The van der Waals surface area contributed by atoms with Crippen LogP contribution in [0.3, 0.4) is 0 Å². The first-order valence-electron chi connectivity index (χ1n) is 12.5. The van der Waals surface area contributed by atoms with Crippen molar-refractivity contribution in [3.8, 4) is 11.5 Å². The van der Waals surface area contributed by atoms with Gasteiger partial charge in [-0.25, -0.2) is 0 Å². The fourth-order valence-electron chi connectivity index (χ4n) is 4.36. The number of allylic oxidation sites excluding steroid dienone is 1. The van der Waals surface area contributed by atoms with E-state index >= 15 is 0 Å². The van der Waals surface area contributed by atoms with Crippen molar-refractivity contribution in [2.24, 2.45) is 5.73 Å². The second kappa shape index (κ2) is 12.5. The predicted molar refractivity (Wildman–Crippen MR) is 146 cm³/mol. The van der Waals surface area contributed by atoms with Crippen LogP contribution >= 0.6 is 0 Å². The normalized spacial score (nSPS) is 12.1. The molecule has 4 aromatic rings. The third-order valence-corrected chi connectivity index (χ3v) is 6.13. The highest BCUT2D eigenvalue weighted by molar-refractivity contribution is 5.99. The molecule has 2 N–H and O–H groups in total. The molecule has 0 bridgehead atoms. The zero-order valence-electron chi connectivity index (χ0n) is 21.2. The Morgan fingerprint density at radius 2 is 1.26 bits per heavy atom. The largest absolute Gasteiger partial charge is 0.492 e. The summed E-state index contributed by atoms with van der Waals surface area (Å²) in [6.07, 6.45) is -4.07. The van der Waals surface area contributed by atoms with E-state index in [9.17, 15) is 13.2 Å². The number of ether oxygens (including phenoxy) is 2. The molecule has 4 aromatic carbocycles. The monoisotopic (exact) mass is 517 g/mol. The molecule has 0 saturated carbocycles. The molecule has 0 aliphatic heterocycles. The van der Waals surface area contributed by atoms with Crippen LogP contribution in [0.5, 0.6) is 11.5 Å². The van der Waals surface area contributed by atoms with Crippen molar-refractivity contribution < 1.29 is 22.6 Å². The van der Waals surface area contributed by atoms with Crippen LogP contribution in [0.1, 0.15) is 41.2 Å². The molecule has 0 aromatic heterocycles. The van der Waals surface area contributed by atoms with Gasteiger partial charge < -0.3 is 15.2 Å². The smallest absolute Gasteiger partial charge is 0.416 e. The second-order valence-corrected chi connectivity index (χ2v) is 8.71. The summed E-state index contributed by atoms with van der Waals surface area (Å²) in [4.78, 5) is 0. The van der Waals surface area contributed by atoms with Gasteiger partial charge in [0, 0.05) is 6.54 Å². The molecule has 3 nitrogen and oxygen atoms in total. The summed E-state index contributed by atoms with van der Waals surface area (Å²) in [7, 11) is 0. The first-order chi connectivity index (χ1) is 18.4.